The molecule has 0 heterocycles. The van der Waals surface area contributed by atoms with Gasteiger partial charge in [0.05, 0.1) is 57.0 Å². The Morgan fingerprint density at radius 1 is 0.567 bits per heavy atom. The molecule has 0 fully saturated rings. The second-order valence-electron chi connectivity index (χ2n) is 11.5. The van der Waals surface area contributed by atoms with Crippen LogP contribution < -0.4 is 16.6 Å². The molecule has 0 radical (unpaired) electrons. The molecule has 34 heteroatoms. The molecule has 0 amide bonds. The van der Waals surface area contributed by atoms with Crippen molar-refractivity contribution in [2.45, 2.75) is 24.5 Å². The van der Waals surface area contributed by atoms with Crippen LogP contribution in [0.3, 0.4) is 0 Å². The van der Waals surface area contributed by atoms with Crippen LogP contribution in [-0.2, 0) is 79.2 Å². The molecular weight excluding hydrogens is 959 g/mol. The molecule has 4 aromatic rings. The number of nitrogens with one attached hydrogen (secondary N) is 2. The molecule has 0 aromatic heterocycles. The summed E-state index contributed by atoms with van der Waals surface area (Å²) in [6.07, 6.45) is 0. The van der Waals surface area contributed by atoms with Crippen molar-refractivity contribution in [2.75, 3.05) is 41.3 Å². The van der Waals surface area contributed by atoms with Crippen molar-refractivity contribution < 1.29 is 95.2 Å². The van der Waals surface area contributed by atoms with Gasteiger partial charge in [-0.25, -0.2) is 25.2 Å². The van der Waals surface area contributed by atoms with E-state index in [1.165, 1.54) is 0 Å². The second-order valence-corrected chi connectivity index (χ2v) is 22.1. The van der Waals surface area contributed by atoms with Gasteiger partial charge in [0, 0.05) is 0 Å². The van der Waals surface area contributed by atoms with Gasteiger partial charge in [0.1, 0.15) is 26.1 Å². The molecule has 60 heavy (non-hydrogen) atoms. The fourth-order valence-electron chi connectivity index (χ4n) is 4.84. The number of nitrogens with two attached hydrogens (primary N) is 1. The zero-order chi connectivity index (χ0) is 45.4. The molecule has 4 rings (SSSR count). The summed E-state index contributed by atoms with van der Waals surface area (Å²) in [6.45, 7) is -2.06. The van der Waals surface area contributed by atoms with Crippen LogP contribution >= 0.6 is 0 Å². The highest BCUT2D eigenvalue weighted by Crippen LogP contribution is 2.47. The van der Waals surface area contributed by atoms with Crippen LogP contribution in [-0.4, -0.2) is 112 Å². The quantitative estimate of drug-likeness (QED) is 0.0289. The van der Waals surface area contributed by atoms with Gasteiger partial charge in [-0.2, -0.15) is 42.1 Å². The number of benzene rings is 4. The Hall–Kier alpha value is -4.69. The van der Waals surface area contributed by atoms with E-state index in [9.17, 15) is 77.7 Å². The maximum absolute atomic E-state index is 12.7. The maximum atomic E-state index is 12.7. The van der Waals surface area contributed by atoms with Crippen molar-refractivity contribution in [3.63, 3.8) is 0 Å². The number of aromatic hydroxyl groups is 1. The van der Waals surface area contributed by atoms with Crippen molar-refractivity contribution >= 4 is 110 Å². The number of hydrogen-bond donors (Lipinski definition) is 9. The lowest BCUT2D eigenvalue weighted by molar-refractivity contribution is 0.282. The number of phenols is 1. The topological polar surface area (TPSA) is 454 Å². The Balaban J connectivity index is 1.81. The highest BCUT2D eigenvalue weighted by Gasteiger charge is 2.29. The van der Waals surface area contributed by atoms with Gasteiger partial charge in [-0.3, -0.25) is 28.2 Å². The number of nitrogen functional groups attached to an aromatic ring is 1. The molecule has 330 valence electrons. The van der Waals surface area contributed by atoms with E-state index in [1.807, 2.05) is 0 Å². The molecule has 0 aliphatic rings. The number of hydrazine groups is 1. The third kappa shape index (κ3) is 12.0. The summed E-state index contributed by atoms with van der Waals surface area (Å²) in [5, 5.41) is 17.0. The van der Waals surface area contributed by atoms with Crippen LogP contribution in [0, 0.1) is 0 Å². The number of anilines is 3. The average molecular weight is 986 g/mol. The highest BCUT2D eigenvalue weighted by atomic mass is 32.3. The van der Waals surface area contributed by atoms with E-state index in [-0.39, 0.29) is 10.6 Å². The summed E-state index contributed by atoms with van der Waals surface area (Å²) >= 11 is 0. The van der Waals surface area contributed by atoms with Crippen LogP contribution in [0.15, 0.2) is 89.3 Å². The molecule has 0 aliphatic heterocycles. The molecule has 0 spiro atoms. The number of azo groups is 1. The smallest absolute Gasteiger partial charge is 0.397 e. The molecule has 4 aromatic carbocycles. The standard InChI is InChI=1S/C26H27N5O22S7/c27-23-22-14(11-20(57(40,41)42)24(23)30-28-15-1-3-16(4-2-15)54(33,34)9-7-52-59(46,47)48)12-21(58(43,44)45)25(26(22)32)31-29-18-6-5-17(13-19(18)56(37,38)39)55(35,36)10-8-53-60(49,50)51/h1-6,11-13,28,30,32H,7-10,27H2,(H,37,38,39)(H,40,41,42)(H,43,44,45)(H,46,47,48)(H,49,50,51). The SMILES string of the molecule is Nc1c(NNc2ccc(S(=O)(=O)CCOS(=O)(=O)O)cc2)c(S(=O)(=O)O)cc2cc(S(=O)(=O)O)c(N=Nc3ccc(S(=O)(=O)CCOS(=O)(=O)O)cc3S(=O)(=O)O)c(O)c12. The third-order valence-electron chi connectivity index (χ3n) is 7.44. The van der Waals surface area contributed by atoms with Gasteiger partial charge in [-0.05, 0) is 60.0 Å². The monoisotopic (exact) mass is 985 g/mol. The van der Waals surface area contributed by atoms with E-state index in [0.29, 0.717) is 30.3 Å². The summed E-state index contributed by atoms with van der Waals surface area (Å²) in [6, 6.07) is 6.88. The van der Waals surface area contributed by atoms with Crippen molar-refractivity contribution in [1.82, 2.24) is 0 Å². The van der Waals surface area contributed by atoms with Gasteiger partial charge >= 0.3 is 20.8 Å². The summed E-state index contributed by atoms with van der Waals surface area (Å²) in [7, 11) is -35.0. The molecule has 0 bridgehead atoms. The largest absolute Gasteiger partial charge is 0.505 e. The van der Waals surface area contributed by atoms with Crippen molar-refractivity contribution in [2.24, 2.45) is 10.2 Å². The highest BCUT2D eigenvalue weighted by molar-refractivity contribution is 7.92. The van der Waals surface area contributed by atoms with Crippen LogP contribution in [0.5, 0.6) is 5.75 Å². The third-order valence-corrected chi connectivity index (χ3v) is 14.4. The number of sulfone groups is 2. The average Bonchev–Trinajstić information content (AvgIpc) is 3.08. The van der Waals surface area contributed by atoms with Gasteiger partial charge < -0.3 is 16.3 Å². The summed E-state index contributed by atoms with van der Waals surface area (Å²) < 4.78 is 222. The lowest BCUT2D eigenvalue weighted by atomic mass is 10.0. The number of fused-ring (bicyclic) bond motifs is 1. The molecule has 0 aliphatic carbocycles. The Labute approximate surface area is 339 Å². The Morgan fingerprint density at radius 3 is 1.52 bits per heavy atom. The minimum atomic E-state index is -5.48. The van der Waals surface area contributed by atoms with Gasteiger partial charge in [0.25, 0.3) is 30.4 Å². The normalized spacial score (nSPS) is 13.5. The van der Waals surface area contributed by atoms with Crippen molar-refractivity contribution in [3.8, 4) is 5.75 Å². The van der Waals surface area contributed by atoms with E-state index in [2.05, 4.69) is 29.4 Å². The fraction of sp³-hybridized carbons (Fsp3) is 0.154. The van der Waals surface area contributed by atoms with Crippen LogP contribution in [0.4, 0.5) is 28.4 Å². The Bertz CT molecular complexity index is 3210. The maximum Gasteiger partial charge on any atom is 0.397 e. The molecule has 0 atom stereocenters. The molecule has 0 saturated carbocycles. The first kappa shape index (κ1) is 48.0. The minimum Gasteiger partial charge on any atom is -0.505 e. The lowest BCUT2D eigenvalue weighted by Crippen LogP contribution is -2.16. The van der Waals surface area contributed by atoms with Gasteiger partial charge in [0.2, 0.25) is 0 Å². The zero-order valence-corrected chi connectivity index (χ0v) is 34.8. The van der Waals surface area contributed by atoms with Crippen molar-refractivity contribution in [1.29, 1.82) is 0 Å². The number of rotatable bonds is 18. The van der Waals surface area contributed by atoms with Gasteiger partial charge in [0.15, 0.2) is 25.4 Å². The van der Waals surface area contributed by atoms with E-state index >= 15 is 0 Å². The molecule has 10 N–H and O–H groups in total. The zero-order valence-electron chi connectivity index (χ0n) is 29.1. The first-order valence-corrected chi connectivity index (χ1v) is 25.5. The lowest BCUT2D eigenvalue weighted by Gasteiger charge is -2.18. The second kappa shape index (κ2) is 17.0. The van der Waals surface area contributed by atoms with Crippen LogP contribution in [0.1, 0.15) is 0 Å². The minimum absolute atomic E-state index is 0.0377. The molecule has 0 unspecified atom stereocenters. The summed E-state index contributed by atoms with van der Waals surface area (Å²) in [5.74, 6) is -3.33. The predicted octanol–water partition coefficient (Wildman–Crippen LogP) is 0.908. The Morgan fingerprint density at radius 2 is 1.03 bits per heavy atom. The summed E-state index contributed by atoms with van der Waals surface area (Å²) in [5.41, 5.74) is 7.17. The number of hydrogen-bond acceptors (Lipinski definition) is 22. The molecular formula is C26H27N5O22S7. The molecule has 27 nitrogen and oxygen atoms in total. The first-order chi connectivity index (χ1) is 27.2. The van der Waals surface area contributed by atoms with E-state index in [4.69, 9.17) is 14.8 Å². The van der Waals surface area contributed by atoms with E-state index < -0.39 is 154 Å². The number of nitrogens with zero attached hydrogens (tertiary/aromatic N) is 2. The molecule has 0 saturated heterocycles. The Kier molecular flexibility index (Phi) is 13.6. The van der Waals surface area contributed by atoms with Gasteiger partial charge in [-0.15, -0.1) is 10.2 Å². The van der Waals surface area contributed by atoms with Crippen LogP contribution in [0.2, 0.25) is 0 Å². The van der Waals surface area contributed by atoms with Gasteiger partial charge in [-0.1, -0.05) is 0 Å². The fourth-order valence-corrected chi connectivity index (χ4v) is 9.92. The van der Waals surface area contributed by atoms with E-state index in [1.54, 1.807) is 0 Å². The summed E-state index contributed by atoms with van der Waals surface area (Å²) in [4.78, 5) is -4.96. The van der Waals surface area contributed by atoms with E-state index in [0.717, 1.165) is 24.3 Å². The number of phenolic OH excluding ortho intramolecular Hbond substituents is 1. The van der Waals surface area contributed by atoms with Crippen LogP contribution in [0.25, 0.3) is 10.8 Å². The van der Waals surface area contributed by atoms with Crippen molar-refractivity contribution in [3.05, 3.63) is 54.6 Å². The first-order valence-electron chi connectivity index (χ1n) is 15.1. The predicted molar refractivity (Wildman–Crippen MR) is 203 cm³/mol.